The number of carbonyl (C=O) groups excluding carboxylic acids is 2. The van der Waals surface area contributed by atoms with Crippen LogP contribution < -0.4 is 5.73 Å². The lowest BCUT2D eigenvalue weighted by molar-refractivity contribution is -0.143. The van der Waals surface area contributed by atoms with E-state index in [2.05, 4.69) is 9.64 Å². The molecule has 176 valence electrons. The van der Waals surface area contributed by atoms with E-state index in [-0.39, 0.29) is 38.1 Å². The second-order valence-corrected chi connectivity index (χ2v) is 7.22. The molecule has 2 atom stereocenters. The summed E-state index contributed by atoms with van der Waals surface area (Å²) in [7, 11) is 2.65. The van der Waals surface area contributed by atoms with E-state index in [1.54, 1.807) is 0 Å². The molecule has 0 heterocycles. The molecule has 0 fully saturated rings. The predicted molar refractivity (Wildman–Crippen MR) is 121 cm³/mol. The first-order chi connectivity index (χ1) is 15.4. The van der Waals surface area contributed by atoms with E-state index in [0.717, 1.165) is 11.1 Å². The van der Waals surface area contributed by atoms with Crippen LogP contribution in [0.15, 0.2) is 60.7 Å². The van der Waals surface area contributed by atoms with Gasteiger partial charge in [0.15, 0.2) is 0 Å². The fraction of sp³-hybridized carbons (Fsp3) is 0.417. The summed E-state index contributed by atoms with van der Waals surface area (Å²) in [4.78, 5) is 24.1. The number of aliphatic hydroxyl groups excluding tert-OH is 2. The monoisotopic (exact) mass is 446 g/mol. The van der Waals surface area contributed by atoms with Crippen molar-refractivity contribution >= 4 is 11.9 Å². The molecule has 2 aromatic carbocycles. The largest absolute Gasteiger partial charge is 0.469 e. The Morgan fingerprint density at radius 3 is 1.62 bits per heavy atom. The van der Waals surface area contributed by atoms with Gasteiger partial charge in [0.1, 0.15) is 0 Å². The van der Waals surface area contributed by atoms with Crippen LogP contribution in [0, 0.1) is 0 Å². The number of hydrogen-bond donors (Lipinski definition) is 3. The molecule has 4 N–H and O–H groups in total. The first-order valence-electron chi connectivity index (χ1n) is 10.4. The molecule has 2 rings (SSSR count). The van der Waals surface area contributed by atoms with Gasteiger partial charge >= 0.3 is 11.9 Å². The molecule has 0 aliphatic carbocycles. The normalized spacial score (nSPS) is 12.3. The summed E-state index contributed by atoms with van der Waals surface area (Å²) in [6.45, 7) is 1.06. The van der Waals surface area contributed by atoms with Crippen LogP contribution in [0.25, 0.3) is 0 Å². The topological polar surface area (TPSA) is 122 Å². The van der Waals surface area contributed by atoms with Crippen LogP contribution in [0.3, 0.4) is 0 Å². The van der Waals surface area contributed by atoms with E-state index in [4.69, 9.17) is 15.6 Å². The van der Waals surface area contributed by atoms with Crippen LogP contribution in [0.2, 0.25) is 0 Å². The number of ether oxygens (including phenoxy) is 2. The molecular formula is C24H34N2O6. The summed E-state index contributed by atoms with van der Waals surface area (Å²) < 4.78 is 9.05. The first kappa shape index (κ1) is 27.3. The smallest absolute Gasteiger partial charge is 0.307 e. The van der Waals surface area contributed by atoms with E-state index in [0.29, 0.717) is 13.1 Å². The van der Waals surface area contributed by atoms with Crippen molar-refractivity contribution in [3.63, 3.8) is 0 Å². The van der Waals surface area contributed by atoms with Crippen LogP contribution in [0.5, 0.6) is 0 Å². The van der Waals surface area contributed by atoms with E-state index < -0.39 is 12.0 Å². The van der Waals surface area contributed by atoms with Gasteiger partial charge < -0.3 is 25.4 Å². The van der Waals surface area contributed by atoms with Gasteiger partial charge in [0.2, 0.25) is 0 Å². The number of esters is 2. The zero-order valence-electron chi connectivity index (χ0n) is 18.7. The van der Waals surface area contributed by atoms with Crippen LogP contribution in [0.1, 0.15) is 24.0 Å². The molecule has 2 aromatic rings. The fourth-order valence-electron chi connectivity index (χ4n) is 2.90. The third-order valence-electron chi connectivity index (χ3n) is 4.71. The number of carbonyl (C=O) groups is 2. The van der Waals surface area contributed by atoms with Gasteiger partial charge in [-0.15, -0.1) is 0 Å². The van der Waals surface area contributed by atoms with E-state index in [1.807, 2.05) is 60.7 Å². The van der Waals surface area contributed by atoms with Gasteiger partial charge in [0, 0.05) is 25.2 Å². The van der Waals surface area contributed by atoms with Crippen molar-refractivity contribution < 1.29 is 29.3 Å². The van der Waals surface area contributed by atoms with Crippen LogP contribution >= 0.6 is 0 Å². The Bertz CT molecular complexity index is 731. The predicted octanol–water partition coefficient (Wildman–Crippen LogP) is 1.48. The average molecular weight is 447 g/mol. The van der Waals surface area contributed by atoms with Crippen LogP contribution in [0.4, 0.5) is 0 Å². The van der Waals surface area contributed by atoms with Gasteiger partial charge in [-0.25, -0.2) is 0 Å². The van der Waals surface area contributed by atoms with Crippen molar-refractivity contribution in [1.82, 2.24) is 4.90 Å². The van der Waals surface area contributed by atoms with Crippen molar-refractivity contribution in [3.8, 4) is 0 Å². The minimum atomic E-state index is -0.488. The Labute approximate surface area is 189 Å². The maximum Gasteiger partial charge on any atom is 0.307 e. The molecule has 0 radical (unpaired) electrons. The molecule has 0 spiro atoms. The summed E-state index contributed by atoms with van der Waals surface area (Å²) in [5.41, 5.74) is 7.49. The van der Waals surface area contributed by atoms with Crippen LogP contribution in [-0.2, 0) is 32.2 Å². The maximum atomic E-state index is 11.6. The third-order valence-corrected chi connectivity index (χ3v) is 4.71. The van der Waals surface area contributed by atoms with E-state index in [1.165, 1.54) is 14.2 Å². The first-order valence-corrected chi connectivity index (χ1v) is 10.4. The lowest BCUT2D eigenvalue weighted by Gasteiger charge is -2.30. The number of aliphatic hydroxyl groups is 2. The number of nitrogens with zero attached hydrogens (tertiary/aromatic N) is 1. The number of benzene rings is 2. The molecular weight excluding hydrogens is 412 g/mol. The minimum Gasteiger partial charge on any atom is -0.469 e. The van der Waals surface area contributed by atoms with Gasteiger partial charge in [-0.05, 0) is 11.1 Å². The Hall–Kier alpha value is -2.78. The van der Waals surface area contributed by atoms with Gasteiger partial charge in [-0.2, -0.15) is 0 Å². The number of hydrogen-bond acceptors (Lipinski definition) is 8. The minimum absolute atomic E-state index is 0.0764. The van der Waals surface area contributed by atoms with Crippen molar-refractivity contribution in [3.05, 3.63) is 71.8 Å². The highest BCUT2D eigenvalue weighted by atomic mass is 16.5. The lowest BCUT2D eigenvalue weighted by Crippen LogP contribution is -2.39. The Balaban J connectivity index is 0.000000482. The summed E-state index contributed by atoms with van der Waals surface area (Å²) in [6, 6.07) is 19.3. The SMILES string of the molecule is COC(=O)CC(CO)N(Cc1ccccc1)Cc1ccccc1.COC(=O)CC(N)CO. The zero-order valence-corrected chi connectivity index (χ0v) is 18.7. The summed E-state index contributed by atoms with van der Waals surface area (Å²) in [5.74, 6) is -0.702. The number of nitrogens with two attached hydrogens (primary N) is 1. The molecule has 0 bridgehead atoms. The Kier molecular flexibility index (Phi) is 13.6. The number of rotatable bonds is 11. The van der Waals surface area contributed by atoms with Crippen molar-refractivity contribution in [2.75, 3.05) is 27.4 Å². The fourth-order valence-corrected chi connectivity index (χ4v) is 2.90. The van der Waals surface area contributed by atoms with Crippen LogP contribution in [-0.4, -0.2) is 66.6 Å². The highest BCUT2D eigenvalue weighted by Gasteiger charge is 2.22. The lowest BCUT2D eigenvalue weighted by atomic mass is 10.1. The second-order valence-electron chi connectivity index (χ2n) is 7.22. The molecule has 0 aromatic heterocycles. The van der Waals surface area contributed by atoms with Gasteiger partial charge in [-0.3, -0.25) is 14.5 Å². The molecule has 0 aliphatic rings. The van der Waals surface area contributed by atoms with Gasteiger partial charge in [0.25, 0.3) is 0 Å². The standard InChI is InChI=1S/C19H23NO3.C5H11NO3/c1-23-19(22)12-18(15-21)20(13-16-8-4-2-5-9-16)14-17-10-6-3-7-11-17;1-9-5(8)2-4(6)3-7/h2-11,18,21H,12-15H2,1H3;4,7H,2-3,6H2,1H3. The molecule has 8 nitrogen and oxygen atoms in total. The molecule has 0 saturated heterocycles. The third kappa shape index (κ3) is 11.0. The van der Waals surface area contributed by atoms with Gasteiger partial charge in [-0.1, -0.05) is 60.7 Å². The molecule has 32 heavy (non-hydrogen) atoms. The quantitative estimate of drug-likeness (QED) is 0.444. The van der Waals surface area contributed by atoms with Crippen molar-refractivity contribution in [2.24, 2.45) is 5.73 Å². The molecule has 8 heteroatoms. The van der Waals surface area contributed by atoms with Crippen molar-refractivity contribution in [2.45, 2.75) is 38.0 Å². The zero-order chi connectivity index (χ0) is 23.8. The van der Waals surface area contributed by atoms with Crippen molar-refractivity contribution in [1.29, 1.82) is 0 Å². The molecule has 0 amide bonds. The maximum absolute atomic E-state index is 11.6. The summed E-state index contributed by atoms with van der Waals surface area (Å²) in [6.07, 6.45) is 0.250. The highest BCUT2D eigenvalue weighted by molar-refractivity contribution is 5.70. The molecule has 2 unspecified atom stereocenters. The Morgan fingerprint density at radius 2 is 1.25 bits per heavy atom. The van der Waals surface area contributed by atoms with E-state index >= 15 is 0 Å². The summed E-state index contributed by atoms with van der Waals surface area (Å²) >= 11 is 0. The van der Waals surface area contributed by atoms with Gasteiger partial charge in [0.05, 0.1) is 40.3 Å². The Morgan fingerprint density at radius 1 is 0.812 bits per heavy atom. The average Bonchev–Trinajstić information content (AvgIpc) is 2.83. The summed E-state index contributed by atoms with van der Waals surface area (Å²) in [5, 5.41) is 18.1. The molecule has 0 aliphatic heterocycles. The number of methoxy groups -OCH3 is 2. The molecule has 0 saturated carbocycles. The highest BCUT2D eigenvalue weighted by Crippen LogP contribution is 2.16. The second kappa shape index (κ2) is 15.9. The van der Waals surface area contributed by atoms with E-state index in [9.17, 15) is 14.7 Å².